The first-order valence-electron chi connectivity index (χ1n) is 6.48. The molecule has 98 valence electrons. The fourth-order valence-corrected chi connectivity index (χ4v) is 3.05. The van der Waals surface area contributed by atoms with E-state index in [-0.39, 0.29) is 11.8 Å². The summed E-state index contributed by atoms with van der Waals surface area (Å²) in [4.78, 5) is 12.6. The van der Waals surface area contributed by atoms with Crippen molar-refractivity contribution < 1.29 is 9.69 Å². The first kappa shape index (κ1) is 13.4. The van der Waals surface area contributed by atoms with E-state index in [1.54, 1.807) is 0 Å². The summed E-state index contributed by atoms with van der Waals surface area (Å²) in [7, 11) is 0. The highest BCUT2D eigenvalue weighted by Gasteiger charge is 2.29. The monoisotopic (exact) mass is 267 g/mol. The van der Waals surface area contributed by atoms with Gasteiger partial charge in [-0.2, -0.15) is 0 Å². The van der Waals surface area contributed by atoms with Crippen molar-refractivity contribution in [3.8, 4) is 0 Å². The average Bonchev–Trinajstić information content (AvgIpc) is 2.38. The Morgan fingerprint density at radius 2 is 2.00 bits per heavy atom. The first-order chi connectivity index (χ1) is 8.59. The Hall–Kier alpha value is -1.06. The lowest BCUT2D eigenvalue weighted by atomic mass is 9.94. The topological polar surface area (TPSA) is 47.5 Å². The molecule has 1 aliphatic rings. The van der Waals surface area contributed by atoms with Gasteiger partial charge in [0.15, 0.2) is 0 Å². The van der Waals surface area contributed by atoms with Gasteiger partial charge in [0.25, 0.3) is 0 Å². The van der Waals surface area contributed by atoms with Gasteiger partial charge >= 0.3 is 0 Å². The molecule has 1 saturated heterocycles. The Kier molecular flexibility index (Phi) is 4.25. The van der Waals surface area contributed by atoms with E-state index in [9.17, 15) is 4.79 Å². The second kappa shape index (κ2) is 5.72. The van der Waals surface area contributed by atoms with Crippen molar-refractivity contribution in [3.05, 3.63) is 34.9 Å². The SMILES string of the molecule is C[C@H](c1ccccc1Cl)[NH+]1CCC(C(N)=O)CC1. The van der Waals surface area contributed by atoms with Crippen LogP contribution in [0.4, 0.5) is 0 Å². The number of quaternary nitrogens is 1. The van der Waals surface area contributed by atoms with Gasteiger partial charge < -0.3 is 10.6 Å². The lowest BCUT2D eigenvalue weighted by Crippen LogP contribution is -3.13. The number of amides is 1. The van der Waals surface area contributed by atoms with Gasteiger partial charge in [-0.05, 0) is 13.0 Å². The maximum atomic E-state index is 11.1. The molecule has 0 aliphatic carbocycles. The first-order valence-corrected chi connectivity index (χ1v) is 6.85. The number of primary amides is 1. The molecule has 3 nitrogen and oxygen atoms in total. The Morgan fingerprint density at radius 1 is 1.39 bits per heavy atom. The highest BCUT2D eigenvalue weighted by molar-refractivity contribution is 6.31. The molecule has 0 bridgehead atoms. The summed E-state index contributed by atoms with van der Waals surface area (Å²) in [6.07, 6.45) is 1.78. The van der Waals surface area contributed by atoms with E-state index in [0.29, 0.717) is 6.04 Å². The van der Waals surface area contributed by atoms with Crippen LogP contribution < -0.4 is 10.6 Å². The lowest BCUT2D eigenvalue weighted by Gasteiger charge is -2.32. The molecule has 1 aromatic rings. The number of hydrogen-bond acceptors (Lipinski definition) is 1. The number of rotatable bonds is 3. The van der Waals surface area contributed by atoms with Gasteiger partial charge in [-0.25, -0.2) is 0 Å². The number of halogens is 1. The molecule has 4 heteroatoms. The molecule has 0 unspecified atom stereocenters. The Balaban J connectivity index is 2.02. The summed E-state index contributed by atoms with van der Waals surface area (Å²) < 4.78 is 0. The zero-order chi connectivity index (χ0) is 13.1. The molecule has 2 rings (SSSR count). The van der Waals surface area contributed by atoms with Crippen molar-refractivity contribution in [1.82, 2.24) is 0 Å². The predicted molar refractivity (Wildman–Crippen MR) is 72.5 cm³/mol. The smallest absolute Gasteiger partial charge is 0.220 e. The Labute approximate surface area is 113 Å². The molecule has 1 atom stereocenters. The Morgan fingerprint density at radius 3 is 2.56 bits per heavy atom. The largest absolute Gasteiger partial charge is 0.369 e. The van der Waals surface area contributed by atoms with Gasteiger partial charge in [-0.15, -0.1) is 0 Å². The van der Waals surface area contributed by atoms with Crippen LogP contribution in [-0.2, 0) is 4.79 Å². The van der Waals surface area contributed by atoms with Crippen LogP contribution in [0.3, 0.4) is 0 Å². The van der Waals surface area contributed by atoms with Crippen molar-refractivity contribution in [2.75, 3.05) is 13.1 Å². The van der Waals surface area contributed by atoms with Crippen molar-refractivity contribution in [2.45, 2.75) is 25.8 Å². The fraction of sp³-hybridized carbons (Fsp3) is 0.500. The number of hydrogen-bond donors (Lipinski definition) is 2. The molecule has 1 aromatic carbocycles. The van der Waals surface area contributed by atoms with Crippen LogP contribution in [0.5, 0.6) is 0 Å². The molecule has 0 saturated carbocycles. The maximum absolute atomic E-state index is 11.1. The molecule has 1 amide bonds. The average molecular weight is 268 g/mol. The summed E-state index contributed by atoms with van der Waals surface area (Å²) in [6.45, 7) is 4.17. The molecule has 1 fully saturated rings. The van der Waals surface area contributed by atoms with Crippen molar-refractivity contribution in [2.24, 2.45) is 11.7 Å². The minimum Gasteiger partial charge on any atom is -0.369 e. The van der Waals surface area contributed by atoms with Crippen molar-refractivity contribution >= 4 is 17.5 Å². The highest BCUT2D eigenvalue weighted by atomic mass is 35.5. The summed E-state index contributed by atoms with van der Waals surface area (Å²) in [5, 5.41) is 0.828. The fourth-order valence-electron chi connectivity index (χ4n) is 2.75. The van der Waals surface area contributed by atoms with E-state index in [1.807, 2.05) is 18.2 Å². The van der Waals surface area contributed by atoms with Crippen LogP contribution in [-0.4, -0.2) is 19.0 Å². The van der Waals surface area contributed by atoms with E-state index in [0.717, 1.165) is 31.0 Å². The van der Waals surface area contributed by atoms with E-state index >= 15 is 0 Å². The zero-order valence-corrected chi connectivity index (χ0v) is 11.4. The van der Waals surface area contributed by atoms with E-state index < -0.39 is 0 Å². The van der Waals surface area contributed by atoms with Crippen LogP contribution in [0.2, 0.25) is 5.02 Å². The normalized spacial score (nSPS) is 25.7. The molecule has 0 radical (unpaired) electrons. The highest BCUT2D eigenvalue weighted by Crippen LogP contribution is 2.21. The summed E-state index contributed by atoms with van der Waals surface area (Å²) in [6, 6.07) is 8.36. The molecule has 18 heavy (non-hydrogen) atoms. The third-order valence-corrected chi connectivity index (χ3v) is 4.36. The van der Waals surface area contributed by atoms with Crippen molar-refractivity contribution in [3.63, 3.8) is 0 Å². The second-order valence-corrected chi connectivity index (χ2v) is 5.49. The third-order valence-electron chi connectivity index (χ3n) is 4.01. The van der Waals surface area contributed by atoms with E-state index in [2.05, 4.69) is 13.0 Å². The van der Waals surface area contributed by atoms with Crippen molar-refractivity contribution in [1.29, 1.82) is 0 Å². The molecule has 1 heterocycles. The van der Waals surface area contributed by atoms with Gasteiger partial charge in [-0.3, -0.25) is 4.79 Å². The van der Waals surface area contributed by atoms with Gasteiger partial charge in [-0.1, -0.05) is 29.8 Å². The number of carbonyl (C=O) groups is 1. The van der Waals surface area contributed by atoms with Crippen LogP contribution in [0.1, 0.15) is 31.4 Å². The summed E-state index contributed by atoms with van der Waals surface area (Å²) in [5.41, 5.74) is 6.54. The van der Waals surface area contributed by atoms with Crippen LogP contribution in [0, 0.1) is 5.92 Å². The molecular weight excluding hydrogens is 248 g/mol. The number of benzene rings is 1. The number of carbonyl (C=O) groups excluding carboxylic acids is 1. The van der Waals surface area contributed by atoms with E-state index in [4.69, 9.17) is 17.3 Å². The minimum absolute atomic E-state index is 0.0622. The van der Waals surface area contributed by atoms with Crippen LogP contribution >= 0.6 is 11.6 Å². The molecule has 0 aromatic heterocycles. The summed E-state index contributed by atoms with van der Waals surface area (Å²) in [5.74, 6) is -0.0911. The summed E-state index contributed by atoms with van der Waals surface area (Å²) >= 11 is 6.23. The molecule has 3 N–H and O–H groups in total. The number of likely N-dealkylation sites (tertiary alicyclic amines) is 1. The van der Waals surface area contributed by atoms with Gasteiger partial charge in [0.2, 0.25) is 5.91 Å². The second-order valence-electron chi connectivity index (χ2n) is 5.08. The van der Waals surface area contributed by atoms with Gasteiger partial charge in [0.05, 0.1) is 13.1 Å². The minimum atomic E-state index is -0.153. The quantitative estimate of drug-likeness (QED) is 0.849. The number of nitrogens with one attached hydrogen (secondary N) is 1. The Bertz CT molecular complexity index is 428. The van der Waals surface area contributed by atoms with Gasteiger partial charge in [0.1, 0.15) is 6.04 Å². The zero-order valence-electron chi connectivity index (χ0n) is 10.7. The molecule has 0 spiro atoms. The maximum Gasteiger partial charge on any atom is 0.220 e. The standard InChI is InChI=1S/C14H19ClN2O/c1-10(12-4-2-3-5-13(12)15)17-8-6-11(7-9-17)14(16)18/h2-5,10-11H,6-9H2,1H3,(H2,16,18)/p+1/t10-/m1/s1. The van der Waals surface area contributed by atoms with Crippen LogP contribution in [0.25, 0.3) is 0 Å². The van der Waals surface area contributed by atoms with E-state index in [1.165, 1.54) is 10.5 Å². The molecule has 1 aliphatic heterocycles. The number of nitrogens with two attached hydrogens (primary N) is 1. The predicted octanol–water partition coefficient (Wildman–Crippen LogP) is 1.18. The third kappa shape index (κ3) is 2.85. The lowest BCUT2D eigenvalue weighted by molar-refractivity contribution is -0.935. The van der Waals surface area contributed by atoms with Crippen LogP contribution in [0.15, 0.2) is 24.3 Å². The number of piperidine rings is 1. The van der Waals surface area contributed by atoms with Gasteiger partial charge in [0, 0.05) is 29.3 Å². The molecular formula is C14H20ClN2O+.